The quantitative estimate of drug-likeness (QED) is 0.158. The summed E-state index contributed by atoms with van der Waals surface area (Å²) in [6.07, 6.45) is -0.417. The number of amides is 2. The second-order valence-corrected chi connectivity index (χ2v) is 18.1. The molecule has 4 fully saturated rings. The first kappa shape index (κ1) is 45.7. The van der Waals surface area contributed by atoms with Crippen LogP contribution in [0.25, 0.3) is 5.65 Å². The second-order valence-electron chi connectivity index (χ2n) is 17.8. The van der Waals surface area contributed by atoms with Crippen molar-refractivity contribution in [2.24, 2.45) is 11.3 Å². The molecular formula is C45H48ClF3N12O6. The van der Waals surface area contributed by atoms with E-state index >= 15 is 0 Å². The van der Waals surface area contributed by atoms with E-state index in [9.17, 15) is 32.3 Å². The van der Waals surface area contributed by atoms with Crippen LogP contribution >= 0.6 is 11.6 Å². The number of fused-ring (bicyclic) bond motifs is 2. The Morgan fingerprint density at radius 3 is 2.43 bits per heavy atom. The van der Waals surface area contributed by atoms with Gasteiger partial charge in [-0.05, 0) is 63.4 Å². The molecule has 3 N–H and O–H groups in total. The summed E-state index contributed by atoms with van der Waals surface area (Å²) < 4.78 is 54.1. The summed E-state index contributed by atoms with van der Waals surface area (Å²) in [5.74, 6) is 6.51. The molecule has 8 heterocycles. The first-order valence-corrected chi connectivity index (χ1v) is 22.3. The number of likely N-dealkylation sites (tertiary alicyclic amines) is 2. The van der Waals surface area contributed by atoms with Gasteiger partial charge >= 0.3 is 12.2 Å². The minimum absolute atomic E-state index is 0.139. The van der Waals surface area contributed by atoms with Gasteiger partial charge in [-0.25, -0.2) is 33.7 Å². The largest absolute Gasteiger partial charge is 0.475 e. The number of pyridine rings is 1. The summed E-state index contributed by atoms with van der Waals surface area (Å²) in [5.41, 5.74) is 3.05. The van der Waals surface area contributed by atoms with E-state index in [0.717, 1.165) is 81.8 Å². The first-order valence-electron chi connectivity index (χ1n) is 21.9. The number of piperidine rings is 2. The third-order valence-electron chi connectivity index (χ3n) is 13.3. The number of methoxy groups -OCH3 is 1. The monoisotopic (exact) mass is 944 g/mol. The number of para-hydroxylation sites is 1. The zero-order valence-corrected chi connectivity index (χ0v) is 37.7. The molecule has 67 heavy (non-hydrogen) atoms. The van der Waals surface area contributed by atoms with Crippen LogP contribution in [-0.4, -0.2) is 132 Å². The number of rotatable bonds is 12. The highest BCUT2D eigenvalue weighted by Gasteiger charge is 2.53. The van der Waals surface area contributed by atoms with E-state index in [-0.39, 0.29) is 45.8 Å². The maximum atomic E-state index is 13.8. The highest BCUT2D eigenvalue weighted by molar-refractivity contribution is 6.29. The normalized spacial score (nSPS) is 20.1. The van der Waals surface area contributed by atoms with Crippen LogP contribution in [0.1, 0.15) is 50.0 Å². The van der Waals surface area contributed by atoms with Crippen LogP contribution in [0.15, 0.2) is 59.9 Å². The van der Waals surface area contributed by atoms with Gasteiger partial charge < -0.3 is 45.0 Å². The van der Waals surface area contributed by atoms with Gasteiger partial charge in [-0.2, -0.15) is 18.3 Å². The Bertz CT molecular complexity index is 2730. The van der Waals surface area contributed by atoms with E-state index in [1.54, 1.807) is 6.92 Å². The van der Waals surface area contributed by atoms with Crippen molar-refractivity contribution in [3.05, 3.63) is 76.4 Å². The molecule has 0 bridgehead atoms. The van der Waals surface area contributed by atoms with Gasteiger partial charge in [-0.15, -0.1) is 0 Å². The van der Waals surface area contributed by atoms with Crippen molar-refractivity contribution < 1.29 is 41.8 Å². The van der Waals surface area contributed by atoms with Gasteiger partial charge in [0.25, 0.3) is 0 Å². The molecule has 2 atom stereocenters. The highest BCUT2D eigenvalue weighted by atomic mass is 35.5. The lowest BCUT2D eigenvalue weighted by Gasteiger charge is -2.62. The number of carbonyl (C=O) groups is 1. The maximum Gasteiger partial charge on any atom is 0.417 e. The van der Waals surface area contributed by atoms with Gasteiger partial charge in [0.05, 0.1) is 52.3 Å². The summed E-state index contributed by atoms with van der Waals surface area (Å²) in [6, 6.07) is 6.90. The number of nitrogens with zero attached hydrogens (tertiary/aromatic N) is 9. The van der Waals surface area contributed by atoms with Crippen molar-refractivity contribution in [3.63, 3.8) is 0 Å². The summed E-state index contributed by atoms with van der Waals surface area (Å²) in [4.78, 5) is 67.8. The number of anilines is 5. The van der Waals surface area contributed by atoms with Crippen LogP contribution in [0, 0.1) is 11.3 Å². The summed E-state index contributed by atoms with van der Waals surface area (Å²) in [5, 5.41) is 12.3. The molecule has 5 aliphatic heterocycles. The topological polar surface area (TPSA) is 182 Å². The number of hydrogen-bond donors (Lipinski definition) is 3. The number of halogens is 4. The smallest absolute Gasteiger partial charge is 0.417 e. The molecule has 1 unspecified atom stereocenters. The van der Waals surface area contributed by atoms with Gasteiger partial charge in [0.15, 0.2) is 16.7 Å². The molecule has 4 aromatic rings. The lowest BCUT2D eigenvalue weighted by Crippen LogP contribution is -2.72. The minimum Gasteiger partial charge on any atom is -0.475 e. The number of aromatic nitrogens is 4. The minimum atomic E-state index is -4.71. The van der Waals surface area contributed by atoms with Crippen LogP contribution in [0.5, 0.6) is 5.88 Å². The maximum absolute atomic E-state index is 13.8. The number of hydrogen-bond acceptors (Lipinski definition) is 15. The van der Waals surface area contributed by atoms with Crippen molar-refractivity contribution in [2.45, 2.75) is 50.9 Å². The Morgan fingerprint density at radius 2 is 1.73 bits per heavy atom. The predicted molar refractivity (Wildman–Crippen MR) is 242 cm³/mol. The molecule has 2 amide bonds. The molecule has 352 valence electrons. The molecule has 4 saturated heterocycles. The molecule has 3 aromatic heterocycles. The Hall–Kier alpha value is -6.43. The summed E-state index contributed by atoms with van der Waals surface area (Å²) in [7, 11) is 3.30. The molecule has 18 nitrogen and oxygen atoms in total. The number of ether oxygens (including phenoxy) is 2. The second kappa shape index (κ2) is 18.3. The average molecular weight is 945 g/mol. The van der Waals surface area contributed by atoms with Crippen molar-refractivity contribution in [3.8, 4) is 5.88 Å². The number of carbonyl (C=O) groups excluding carboxylic acids is 4. The number of allylic oxidation sites excluding steroid dienone is 1. The van der Waals surface area contributed by atoms with Gasteiger partial charge in [-0.1, -0.05) is 17.7 Å². The van der Waals surface area contributed by atoms with Gasteiger partial charge in [0.1, 0.15) is 35.6 Å². The first-order chi connectivity index (χ1) is 32.2. The molecular weight excluding hydrogens is 897 g/mol. The molecule has 1 aromatic carbocycles. The van der Waals surface area contributed by atoms with Crippen LogP contribution in [0.4, 0.5) is 46.4 Å². The third-order valence-corrected chi connectivity index (χ3v) is 13.5. The Labute approximate surface area is 388 Å². The molecule has 0 aliphatic carbocycles. The van der Waals surface area contributed by atoms with E-state index in [2.05, 4.69) is 57.7 Å². The standard InChI is InChI=1S/C45H48ClF3N12O6/c1-27(66-3)40-32(18-50-38-16-37(46)55-61(38)40)54-43(65)53-31-15-29(45(47,48)49)17-51-42(31)67-14-13-57-11-9-28(10-12-57)19-58-23-44(24-58)25-59(26-44)35-5-4-6-36-41(35)56(2)39(22-64)60(36)34-8-7-30(20-62)52-33(34)21-63/h4-6,15-18,27-28,34,52H,7-14,19,23-26H2,1-3H3,(H2,53,54,65)/t27-,34?/m0/s1. The Balaban J connectivity index is 0.752. The Kier molecular flexibility index (Phi) is 12.5. The summed E-state index contributed by atoms with van der Waals surface area (Å²) in [6.45, 7) is 8.82. The number of benzene rings is 1. The molecule has 1 spiro atoms. The zero-order chi connectivity index (χ0) is 47.2. The lowest BCUT2D eigenvalue weighted by molar-refractivity contribution is -0.137. The third kappa shape index (κ3) is 8.94. The van der Waals surface area contributed by atoms with Gasteiger partial charge in [0, 0.05) is 77.5 Å². The van der Waals surface area contributed by atoms with Crippen molar-refractivity contribution in [2.75, 3.05) is 98.5 Å². The van der Waals surface area contributed by atoms with Crippen molar-refractivity contribution in [1.82, 2.24) is 34.7 Å². The number of nitrogens with one attached hydrogen (secondary N) is 3. The lowest BCUT2D eigenvalue weighted by atomic mass is 9.72. The number of urea groups is 1. The van der Waals surface area contributed by atoms with Crippen LogP contribution < -0.4 is 35.4 Å². The summed E-state index contributed by atoms with van der Waals surface area (Å²) >= 11 is 6.09. The van der Waals surface area contributed by atoms with Crippen LogP contribution in [-0.2, 0) is 25.3 Å². The van der Waals surface area contributed by atoms with Gasteiger partial charge in [0.2, 0.25) is 11.7 Å². The molecule has 5 aliphatic rings. The molecule has 0 saturated carbocycles. The van der Waals surface area contributed by atoms with E-state index in [1.165, 1.54) is 23.9 Å². The Morgan fingerprint density at radius 1 is 0.985 bits per heavy atom. The van der Waals surface area contributed by atoms with E-state index in [1.807, 2.05) is 40.9 Å². The van der Waals surface area contributed by atoms with Crippen molar-refractivity contribution in [1.29, 1.82) is 0 Å². The fraction of sp³-hybridized carbons (Fsp3) is 0.467. The highest BCUT2D eigenvalue weighted by Crippen LogP contribution is 2.52. The van der Waals surface area contributed by atoms with Crippen molar-refractivity contribution >= 4 is 69.5 Å². The van der Waals surface area contributed by atoms with Crippen LogP contribution in [0.2, 0.25) is 5.15 Å². The zero-order valence-electron chi connectivity index (χ0n) is 37.0. The van der Waals surface area contributed by atoms with Gasteiger partial charge in [-0.3, -0.25) is 4.90 Å². The fourth-order valence-corrected chi connectivity index (χ4v) is 10.3. The molecule has 0 radical (unpaired) electrons. The molecule has 9 rings (SSSR count). The van der Waals surface area contributed by atoms with E-state index < -0.39 is 29.9 Å². The van der Waals surface area contributed by atoms with E-state index in [4.69, 9.17) is 21.1 Å². The SMILES string of the molecule is CO[C@@H](C)c1c(NC(=O)Nc2cc(C(F)(F)F)cnc2OCCN2CCC(CN3CC4(C3)CN(c3cccc5c3N(C)C(=C=O)N5C3CCC(=C=O)NC3=C=O)C4)CC2)cnc2cc(Cl)nn12. The predicted octanol–water partition coefficient (Wildman–Crippen LogP) is 5.17. The average Bonchev–Trinajstić information content (AvgIpc) is 3.82. The van der Waals surface area contributed by atoms with Crippen LogP contribution in [0.3, 0.4) is 0 Å². The number of alkyl halides is 3. The molecule has 22 heteroatoms. The van der Waals surface area contributed by atoms with E-state index in [0.29, 0.717) is 48.7 Å². The fourth-order valence-electron chi connectivity index (χ4n) is 10.1.